The molecule has 3 aromatic rings. The van der Waals surface area contributed by atoms with Crippen molar-refractivity contribution in [2.24, 2.45) is 0 Å². The number of H-pyrrole nitrogens is 1. The second-order valence-electron chi connectivity index (χ2n) is 7.28. The summed E-state index contributed by atoms with van der Waals surface area (Å²) < 4.78 is 6.22. The first-order valence-corrected chi connectivity index (χ1v) is 9.04. The SMILES string of the molecule is CN1C2CCC1CC(Oc1ccc(-c3cnc4[nH]ccc4c3)nc1)C2. The van der Waals surface area contributed by atoms with Crippen LogP contribution in [-0.2, 0) is 0 Å². The molecule has 2 atom stereocenters. The first-order chi connectivity index (χ1) is 12.3. The minimum atomic E-state index is 0.319. The van der Waals surface area contributed by atoms with Gasteiger partial charge in [0.1, 0.15) is 17.5 Å². The molecule has 2 aliphatic rings. The fourth-order valence-corrected chi connectivity index (χ4v) is 4.35. The summed E-state index contributed by atoms with van der Waals surface area (Å²) in [5, 5.41) is 1.10. The Bertz CT molecular complexity index is 874. The van der Waals surface area contributed by atoms with Gasteiger partial charge in [0.15, 0.2) is 0 Å². The Morgan fingerprint density at radius 2 is 1.92 bits per heavy atom. The van der Waals surface area contributed by atoms with Gasteiger partial charge in [-0.3, -0.25) is 4.98 Å². The number of rotatable bonds is 3. The second kappa shape index (κ2) is 5.85. The number of hydrogen-bond acceptors (Lipinski definition) is 4. The molecule has 2 unspecified atom stereocenters. The summed E-state index contributed by atoms with van der Waals surface area (Å²) in [5.74, 6) is 0.869. The van der Waals surface area contributed by atoms with E-state index in [1.54, 1.807) is 0 Å². The number of piperidine rings is 1. The van der Waals surface area contributed by atoms with Crippen molar-refractivity contribution in [2.75, 3.05) is 7.05 Å². The highest BCUT2D eigenvalue weighted by Gasteiger charge is 2.39. The highest BCUT2D eigenvalue weighted by atomic mass is 16.5. The highest BCUT2D eigenvalue weighted by Crippen LogP contribution is 2.36. The van der Waals surface area contributed by atoms with E-state index in [4.69, 9.17) is 4.74 Å². The second-order valence-corrected chi connectivity index (χ2v) is 7.28. The molecule has 0 aromatic carbocycles. The van der Waals surface area contributed by atoms with Crippen LogP contribution in [0, 0.1) is 0 Å². The van der Waals surface area contributed by atoms with E-state index in [-0.39, 0.29) is 0 Å². The number of hydrogen-bond donors (Lipinski definition) is 1. The minimum absolute atomic E-state index is 0.319. The number of nitrogens with zero attached hydrogens (tertiary/aromatic N) is 3. The van der Waals surface area contributed by atoms with Crippen LogP contribution in [0.15, 0.2) is 42.9 Å². The van der Waals surface area contributed by atoms with Gasteiger partial charge in [-0.2, -0.15) is 0 Å². The predicted octanol–water partition coefficient (Wildman–Crippen LogP) is 3.63. The Kier molecular flexibility index (Phi) is 3.48. The van der Waals surface area contributed by atoms with Gasteiger partial charge < -0.3 is 14.6 Å². The molecule has 0 aliphatic carbocycles. The number of aromatic amines is 1. The lowest BCUT2D eigenvalue weighted by molar-refractivity contribution is 0.0659. The zero-order valence-corrected chi connectivity index (χ0v) is 14.4. The van der Waals surface area contributed by atoms with Crippen molar-refractivity contribution < 1.29 is 4.74 Å². The molecule has 1 N–H and O–H groups in total. The molecule has 0 amide bonds. The third-order valence-electron chi connectivity index (χ3n) is 5.79. The van der Waals surface area contributed by atoms with Crippen LogP contribution in [0.2, 0.25) is 0 Å². The monoisotopic (exact) mass is 334 g/mol. The quantitative estimate of drug-likeness (QED) is 0.795. The van der Waals surface area contributed by atoms with Gasteiger partial charge in [-0.25, -0.2) is 4.98 Å². The topological polar surface area (TPSA) is 54.0 Å². The fourth-order valence-electron chi connectivity index (χ4n) is 4.35. The molecule has 128 valence electrons. The zero-order chi connectivity index (χ0) is 16.8. The van der Waals surface area contributed by atoms with Gasteiger partial charge in [0.2, 0.25) is 0 Å². The molecular weight excluding hydrogens is 312 g/mol. The van der Waals surface area contributed by atoms with Crippen LogP contribution in [0.3, 0.4) is 0 Å². The Morgan fingerprint density at radius 1 is 1.08 bits per heavy atom. The summed E-state index contributed by atoms with van der Waals surface area (Å²) in [4.78, 5) is 14.7. The Balaban J connectivity index is 1.31. The molecule has 0 spiro atoms. The number of pyridine rings is 2. The van der Waals surface area contributed by atoms with Gasteiger partial charge in [-0.15, -0.1) is 0 Å². The van der Waals surface area contributed by atoms with Crippen molar-refractivity contribution >= 4 is 11.0 Å². The van der Waals surface area contributed by atoms with E-state index in [1.807, 2.05) is 36.8 Å². The molecule has 3 aromatic heterocycles. The molecule has 5 rings (SSSR count). The normalized spacial score (nSPS) is 26.2. The fraction of sp³-hybridized carbons (Fsp3) is 0.400. The Hall–Kier alpha value is -2.40. The molecule has 5 nitrogen and oxygen atoms in total. The van der Waals surface area contributed by atoms with Crippen LogP contribution in [-0.4, -0.2) is 45.1 Å². The van der Waals surface area contributed by atoms with Gasteiger partial charge in [-0.1, -0.05) is 0 Å². The largest absolute Gasteiger partial charge is 0.489 e. The highest BCUT2D eigenvalue weighted by molar-refractivity contribution is 5.80. The molecule has 2 saturated heterocycles. The van der Waals surface area contributed by atoms with Crippen molar-refractivity contribution in [3.63, 3.8) is 0 Å². The summed E-state index contributed by atoms with van der Waals surface area (Å²) in [6.07, 6.45) is 10.8. The molecule has 5 heterocycles. The average Bonchev–Trinajstić information content (AvgIpc) is 3.16. The maximum Gasteiger partial charge on any atom is 0.138 e. The molecule has 2 fully saturated rings. The van der Waals surface area contributed by atoms with E-state index in [2.05, 4.69) is 33.0 Å². The van der Waals surface area contributed by atoms with Crippen LogP contribution >= 0.6 is 0 Å². The summed E-state index contributed by atoms with van der Waals surface area (Å²) in [6, 6.07) is 9.57. The zero-order valence-electron chi connectivity index (χ0n) is 14.4. The molecule has 25 heavy (non-hydrogen) atoms. The van der Waals surface area contributed by atoms with E-state index < -0.39 is 0 Å². The molecule has 0 radical (unpaired) electrons. The number of fused-ring (bicyclic) bond motifs is 3. The lowest BCUT2D eigenvalue weighted by Crippen LogP contribution is -2.43. The van der Waals surface area contributed by atoms with E-state index in [1.165, 1.54) is 12.8 Å². The van der Waals surface area contributed by atoms with Crippen LogP contribution in [0.1, 0.15) is 25.7 Å². The van der Waals surface area contributed by atoms with E-state index in [9.17, 15) is 0 Å². The Labute approximate surface area is 147 Å². The molecular formula is C20H22N4O. The van der Waals surface area contributed by atoms with Crippen molar-refractivity contribution in [2.45, 2.75) is 43.9 Å². The van der Waals surface area contributed by atoms with Gasteiger partial charge in [0, 0.05) is 35.4 Å². The van der Waals surface area contributed by atoms with E-state index in [0.717, 1.165) is 40.9 Å². The lowest BCUT2D eigenvalue weighted by Gasteiger charge is -2.36. The van der Waals surface area contributed by atoms with E-state index in [0.29, 0.717) is 18.2 Å². The third kappa shape index (κ3) is 2.68. The lowest BCUT2D eigenvalue weighted by atomic mass is 10.0. The Morgan fingerprint density at radius 3 is 2.68 bits per heavy atom. The van der Waals surface area contributed by atoms with E-state index >= 15 is 0 Å². The number of aromatic nitrogens is 3. The number of nitrogens with one attached hydrogen (secondary N) is 1. The minimum Gasteiger partial charge on any atom is -0.489 e. The molecule has 5 heteroatoms. The summed E-state index contributed by atoms with van der Waals surface area (Å²) in [5.41, 5.74) is 2.85. The van der Waals surface area contributed by atoms with Crippen molar-refractivity contribution in [1.82, 2.24) is 19.9 Å². The number of ether oxygens (including phenoxy) is 1. The summed E-state index contributed by atoms with van der Waals surface area (Å²) in [7, 11) is 2.25. The first-order valence-electron chi connectivity index (χ1n) is 9.04. The van der Waals surface area contributed by atoms with Crippen molar-refractivity contribution in [3.05, 3.63) is 42.9 Å². The van der Waals surface area contributed by atoms with Crippen LogP contribution in [0.4, 0.5) is 0 Å². The van der Waals surface area contributed by atoms with Gasteiger partial charge in [0.25, 0.3) is 0 Å². The predicted molar refractivity (Wildman–Crippen MR) is 97.5 cm³/mol. The standard InChI is InChI=1S/C20H22N4O/c1-24-15-2-3-16(24)10-18(9-15)25-17-4-5-19(22-12-17)14-8-13-6-7-21-20(13)23-11-14/h4-8,11-12,15-16,18H,2-3,9-10H2,1H3,(H,21,23). The van der Waals surface area contributed by atoms with Gasteiger partial charge in [-0.05, 0) is 57.0 Å². The molecule has 0 saturated carbocycles. The van der Waals surface area contributed by atoms with Crippen LogP contribution < -0.4 is 4.74 Å². The molecule has 2 aliphatic heterocycles. The maximum absolute atomic E-state index is 6.22. The smallest absolute Gasteiger partial charge is 0.138 e. The third-order valence-corrected chi connectivity index (χ3v) is 5.79. The van der Waals surface area contributed by atoms with Gasteiger partial charge in [0.05, 0.1) is 11.9 Å². The van der Waals surface area contributed by atoms with Crippen LogP contribution in [0.25, 0.3) is 22.3 Å². The van der Waals surface area contributed by atoms with Crippen molar-refractivity contribution in [1.29, 1.82) is 0 Å². The first kappa shape index (κ1) is 14.9. The summed E-state index contributed by atoms with van der Waals surface area (Å²) >= 11 is 0. The maximum atomic E-state index is 6.22. The molecule has 2 bridgehead atoms. The van der Waals surface area contributed by atoms with Crippen LogP contribution in [0.5, 0.6) is 5.75 Å². The van der Waals surface area contributed by atoms with Crippen molar-refractivity contribution in [3.8, 4) is 17.0 Å². The van der Waals surface area contributed by atoms with Gasteiger partial charge >= 0.3 is 0 Å². The summed E-state index contributed by atoms with van der Waals surface area (Å²) in [6.45, 7) is 0. The average molecular weight is 334 g/mol.